The van der Waals surface area contributed by atoms with Crippen molar-refractivity contribution in [1.29, 1.82) is 0 Å². The molecule has 98 valence electrons. The van der Waals surface area contributed by atoms with Crippen LogP contribution >= 0.6 is 0 Å². The van der Waals surface area contributed by atoms with Crippen LogP contribution in [0.15, 0.2) is 29.0 Å². The van der Waals surface area contributed by atoms with E-state index in [2.05, 4.69) is 48.0 Å². The Balaban J connectivity index is 2.20. The summed E-state index contributed by atoms with van der Waals surface area (Å²) in [4.78, 5) is 7.65. The van der Waals surface area contributed by atoms with Gasteiger partial charge < -0.3 is 9.51 Å². The number of imidazole rings is 1. The number of aromatic nitrogens is 3. The molecular formula is C15H17N3O. The summed E-state index contributed by atoms with van der Waals surface area (Å²) in [5.41, 5.74) is 4.09. The summed E-state index contributed by atoms with van der Waals surface area (Å²) in [5.74, 6) is 1.43. The van der Waals surface area contributed by atoms with Gasteiger partial charge >= 0.3 is 0 Å². The number of hydrogen-bond acceptors (Lipinski definition) is 3. The van der Waals surface area contributed by atoms with E-state index in [0.717, 1.165) is 34.5 Å². The van der Waals surface area contributed by atoms with Gasteiger partial charge in [0.05, 0.1) is 18.1 Å². The van der Waals surface area contributed by atoms with Gasteiger partial charge in [-0.15, -0.1) is 0 Å². The van der Waals surface area contributed by atoms with Crippen molar-refractivity contribution >= 4 is 11.0 Å². The predicted molar refractivity (Wildman–Crippen MR) is 75.1 cm³/mol. The smallest absolute Gasteiger partial charge is 0.176 e. The van der Waals surface area contributed by atoms with Crippen molar-refractivity contribution < 1.29 is 4.52 Å². The third kappa shape index (κ3) is 1.93. The lowest BCUT2D eigenvalue weighted by Gasteiger charge is -2.07. The average molecular weight is 255 g/mol. The number of hydrogen-bond donors (Lipinski definition) is 1. The third-order valence-corrected chi connectivity index (χ3v) is 3.43. The van der Waals surface area contributed by atoms with E-state index in [1.807, 2.05) is 6.20 Å². The summed E-state index contributed by atoms with van der Waals surface area (Å²) < 4.78 is 5.44. The minimum atomic E-state index is 0.448. The van der Waals surface area contributed by atoms with Crippen LogP contribution in [0.2, 0.25) is 0 Å². The first-order valence-corrected chi connectivity index (χ1v) is 6.62. The lowest BCUT2D eigenvalue weighted by molar-refractivity contribution is 0.457. The van der Waals surface area contributed by atoms with Crippen LogP contribution in [0.5, 0.6) is 0 Å². The summed E-state index contributed by atoms with van der Waals surface area (Å²) >= 11 is 0. The molecule has 0 aliphatic heterocycles. The van der Waals surface area contributed by atoms with Crippen LogP contribution in [0.25, 0.3) is 22.2 Å². The molecule has 0 saturated heterocycles. The minimum Gasteiger partial charge on any atom is -0.356 e. The van der Waals surface area contributed by atoms with E-state index >= 15 is 0 Å². The fourth-order valence-corrected chi connectivity index (χ4v) is 2.37. The molecule has 0 saturated carbocycles. The van der Waals surface area contributed by atoms with E-state index in [0.29, 0.717) is 5.92 Å². The van der Waals surface area contributed by atoms with Gasteiger partial charge in [0.15, 0.2) is 5.58 Å². The van der Waals surface area contributed by atoms with Crippen LogP contribution in [0, 0.1) is 0 Å². The Hall–Kier alpha value is -2.10. The summed E-state index contributed by atoms with van der Waals surface area (Å²) in [6.07, 6.45) is 4.54. The van der Waals surface area contributed by atoms with Crippen LogP contribution in [0.3, 0.4) is 0 Å². The minimum absolute atomic E-state index is 0.448. The number of aromatic amines is 1. The van der Waals surface area contributed by atoms with Crippen molar-refractivity contribution in [3.05, 3.63) is 35.9 Å². The number of aryl methyl sites for hydroxylation is 1. The average Bonchev–Trinajstić information content (AvgIpc) is 3.06. The topological polar surface area (TPSA) is 54.7 Å². The number of rotatable bonds is 3. The van der Waals surface area contributed by atoms with Gasteiger partial charge in [0.25, 0.3) is 0 Å². The van der Waals surface area contributed by atoms with Crippen LogP contribution in [-0.4, -0.2) is 15.1 Å². The quantitative estimate of drug-likeness (QED) is 0.772. The maximum absolute atomic E-state index is 5.44. The van der Waals surface area contributed by atoms with Gasteiger partial charge in [0.1, 0.15) is 5.82 Å². The predicted octanol–water partition coefficient (Wildman–Crippen LogP) is 3.90. The molecule has 19 heavy (non-hydrogen) atoms. The fraction of sp³-hybridized carbons (Fsp3) is 0.333. The number of nitrogens with one attached hydrogen (secondary N) is 1. The fourth-order valence-electron chi connectivity index (χ4n) is 2.37. The van der Waals surface area contributed by atoms with Crippen molar-refractivity contribution in [2.24, 2.45) is 0 Å². The van der Waals surface area contributed by atoms with Gasteiger partial charge in [-0.2, -0.15) is 0 Å². The van der Waals surface area contributed by atoms with Crippen molar-refractivity contribution in [2.75, 3.05) is 0 Å². The van der Waals surface area contributed by atoms with E-state index in [1.54, 1.807) is 6.20 Å². The molecule has 0 amide bonds. The van der Waals surface area contributed by atoms with Gasteiger partial charge in [0, 0.05) is 17.4 Å². The zero-order valence-corrected chi connectivity index (χ0v) is 11.4. The van der Waals surface area contributed by atoms with E-state index in [9.17, 15) is 0 Å². The monoisotopic (exact) mass is 255 g/mol. The molecule has 3 rings (SSSR count). The molecule has 2 aromatic heterocycles. The number of benzene rings is 1. The Morgan fingerprint density at radius 1 is 1.26 bits per heavy atom. The molecule has 0 spiro atoms. The third-order valence-electron chi connectivity index (χ3n) is 3.43. The van der Waals surface area contributed by atoms with Crippen LogP contribution in [0.4, 0.5) is 0 Å². The first-order valence-electron chi connectivity index (χ1n) is 6.62. The zero-order valence-electron chi connectivity index (χ0n) is 11.4. The number of nitrogens with zero attached hydrogens (tertiary/aromatic N) is 2. The molecule has 1 aromatic carbocycles. The SMILES string of the molecule is CCc1ncc(-c2ccc(C(C)C)c3cnoc23)[nH]1. The second-order valence-corrected chi connectivity index (χ2v) is 5.02. The Kier molecular flexibility index (Phi) is 2.85. The molecule has 0 bridgehead atoms. The van der Waals surface area contributed by atoms with Gasteiger partial charge in [0.2, 0.25) is 0 Å². The standard InChI is InChI=1S/C15H17N3O/c1-4-14-16-8-13(18-14)11-6-5-10(9(2)3)12-7-17-19-15(11)12/h5-9H,4H2,1-3H3,(H,16,18). The molecule has 4 nitrogen and oxygen atoms in total. The summed E-state index contributed by atoms with van der Waals surface area (Å²) in [6, 6.07) is 4.22. The molecule has 4 heteroatoms. The van der Waals surface area contributed by atoms with Crippen molar-refractivity contribution in [2.45, 2.75) is 33.1 Å². The molecule has 0 fully saturated rings. The Bertz CT molecular complexity index is 709. The summed E-state index contributed by atoms with van der Waals surface area (Å²) in [5, 5.41) is 5.03. The highest BCUT2D eigenvalue weighted by Gasteiger charge is 2.15. The lowest BCUT2D eigenvalue weighted by Crippen LogP contribution is -1.89. The van der Waals surface area contributed by atoms with Crippen LogP contribution < -0.4 is 0 Å². The van der Waals surface area contributed by atoms with Crippen molar-refractivity contribution in [1.82, 2.24) is 15.1 Å². The highest BCUT2D eigenvalue weighted by atomic mass is 16.5. The largest absolute Gasteiger partial charge is 0.356 e. The normalized spacial score (nSPS) is 11.6. The number of H-pyrrole nitrogens is 1. The summed E-state index contributed by atoms with van der Waals surface area (Å²) in [6.45, 7) is 6.42. The van der Waals surface area contributed by atoms with Gasteiger partial charge in [-0.3, -0.25) is 0 Å². The second-order valence-electron chi connectivity index (χ2n) is 5.02. The Labute approximate surface area is 111 Å². The summed E-state index contributed by atoms with van der Waals surface area (Å²) in [7, 11) is 0. The molecule has 0 atom stereocenters. The Morgan fingerprint density at radius 2 is 2.11 bits per heavy atom. The maximum atomic E-state index is 5.44. The Morgan fingerprint density at radius 3 is 2.79 bits per heavy atom. The molecule has 0 radical (unpaired) electrons. The maximum Gasteiger partial charge on any atom is 0.176 e. The van der Waals surface area contributed by atoms with E-state index in [4.69, 9.17) is 4.52 Å². The first-order chi connectivity index (χ1) is 9.20. The molecule has 0 aliphatic rings. The van der Waals surface area contributed by atoms with Crippen LogP contribution in [-0.2, 0) is 6.42 Å². The highest BCUT2D eigenvalue weighted by molar-refractivity contribution is 5.93. The van der Waals surface area contributed by atoms with Gasteiger partial charge in [-0.05, 0) is 17.5 Å². The molecule has 3 aromatic rings. The van der Waals surface area contributed by atoms with Crippen LogP contribution in [0.1, 0.15) is 38.1 Å². The first kappa shape index (κ1) is 12.0. The molecule has 2 heterocycles. The number of fused-ring (bicyclic) bond motifs is 1. The van der Waals surface area contributed by atoms with Crippen molar-refractivity contribution in [3.63, 3.8) is 0 Å². The van der Waals surface area contributed by atoms with Gasteiger partial charge in [-0.1, -0.05) is 32.0 Å². The molecular weight excluding hydrogens is 238 g/mol. The highest BCUT2D eigenvalue weighted by Crippen LogP contribution is 2.32. The van der Waals surface area contributed by atoms with E-state index in [1.165, 1.54) is 5.56 Å². The van der Waals surface area contributed by atoms with E-state index < -0.39 is 0 Å². The van der Waals surface area contributed by atoms with E-state index in [-0.39, 0.29) is 0 Å². The zero-order chi connectivity index (χ0) is 13.4. The lowest BCUT2D eigenvalue weighted by atomic mass is 9.97. The second kappa shape index (κ2) is 4.53. The molecule has 0 aliphatic carbocycles. The molecule has 1 N–H and O–H groups in total. The van der Waals surface area contributed by atoms with Crippen molar-refractivity contribution in [3.8, 4) is 11.3 Å². The van der Waals surface area contributed by atoms with Gasteiger partial charge in [-0.25, -0.2) is 4.98 Å². The molecule has 0 unspecified atom stereocenters.